The van der Waals surface area contributed by atoms with E-state index in [0.29, 0.717) is 18.8 Å². The van der Waals surface area contributed by atoms with E-state index in [1.54, 1.807) is 37.0 Å². The number of hydrogen-bond acceptors (Lipinski definition) is 3. The van der Waals surface area contributed by atoms with Gasteiger partial charge in [-0.05, 0) is 24.3 Å². The molecule has 2 aromatic rings. The Morgan fingerprint density at radius 2 is 1.86 bits per heavy atom. The zero-order valence-corrected chi connectivity index (χ0v) is 12.2. The number of carbonyl (C=O) groups excluding carboxylic acids is 2. The molecule has 1 aromatic carbocycles. The number of ether oxygens (including phenoxy) is 1. The van der Waals surface area contributed by atoms with Crippen molar-refractivity contribution in [3.05, 3.63) is 54.4 Å². The summed E-state index contributed by atoms with van der Waals surface area (Å²) in [6.07, 6.45) is 1.74. The number of hydrogen-bond donors (Lipinski definition) is 0. The number of aromatic nitrogens is 1. The fourth-order valence-electron chi connectivity index (χ4n) is 1.90. The summed E-state index contributed by atoms with van der Waals surface area (Å²) in [5.74, 6) is -0.301. The van der Waals surface area contributed by atoms with Gasteiger partial charge in [-0.15, -0.1) is 0 Å². The molecule has 0 spiro atoms. The van der Waals surface area contributed by atoms with Crippen LogP contribution in [0.4, 0.5) is 0 Å². The third kappa shape index (κ3) is 3.72. The maximum Gasteiger partial charge on any atom is 0.296 e. The molecule has 0 radical (unpaired) electrons. The molecule has 21 heavy (non-hydrogen) atoms. The Morgan fingerprint density at radius 3 is 2.48 bits per heavy atom. The number of amides is 1. The third-order valence-electron chi connectivity index (χ3n) is 3.16. The number of aryl methyl sites for hydroxylation is 1. The average Bonchev–Trinajstić information content (AvgIpc) is 2.93. The summed E-state index contributed by atoms with van der Waals surface area (Å²) in [7, 11) is 3.33. The van der Waals surface area contributed by atoms with Crippen molar-refractivity contribution >= 4 is 11.7 Å². The molecule has 0 aliphatic heterocycles. The molecule has 0 aliphatic rings. The fraction of sp³-hybridized carbons (Fsp3) is 0.250. The molecule has 5 heteroatoms. The standard InChI is InChI=1S/C16H18N2O3/c1-17-10-6-9-14(17)15(19)16(20)18(2)11-12-21-13-7-4-3-5-8-13/h3-10H,11-12H2,1-2H3. The highest BCUT2D eigenvalue weighted by atomic mass is 16.5. The maximum absolute atomic E-state index is 12.0. The number of para-hydroxylation sites is 1. The molecule has 0 N–H and O–H groups in total. The molecule has 0 unspecified atom stereocenters. The largest absolute Gasteiger partial charge is 0.492 e. The van der Waals surface area contributed by atoms with E-state index in [4.69, 9.17) is 4.74 Å². The van der Waals surface area contributed by atoms with Gasteiger partial charge in [-0.3, -0.25) is 9.59 Å². The van der Waals surface area contributed by atoms with Crippen molar-refractivity contribution in [1.82, 2.24) is 9.47 Å². The summed E-state index contributed by atoms with van der Waals surface area (Å²) in [6, 6.07) is 12.7. The van der Waals surface area contributed by atoms with Crippen LogP contribution in [0.5, 0.6) is 5.75 Å². The molecule has 0 bridgehead atoms. The van der Waals surface area contributed by atoms with Crippen LogP contribution < -0.4 is 4.74 Å². The topological polar surface area (TPSA) is 51.5 Å². The number of nitrogens with zero attached hydrogens (tertiary/aromatic N) is 2. The molecule has 5 nitrogen and oxygen atoms in total. The summed E-state index contributed by atoms with van der Waals surface area (Å²) in [6.45, 7) is 0.691. The van der Waals surface area contributed by atoms with Gasteiger partial charge in [-0.2, -0.15) is 0 Å². The van der Waals surface area contributed by atoms with Crippen molar-refractivity contribution in [3.63, 3.8) is 0 Å². The summed E-state index contributed by atoms with van der Waals surface area (Å²) in [5.41, 5.74) is 0.385. The van der Waals surface area contributed by atoms with E-state index in [-0.39, 0.29) is 0 Å². The van der Waals surface area contributed by atoms with Gasteiger partial charge in [0.1, 0.15) is 12.4 Å². The lowest BCUT2D eigenvalue weighted by Gasteiger charge is -2.16. The molecular weight excluding hydrogens is 268 g/mol. The Bertz CT molecular complexity index is 619. The lowest BCUT2D eigenvalue weighted by molar-refractivity contribution is -0.125. The Hall–Kier alpha value is -2.56. The Kier molecular flexibility index (Phi) is 4.77. The highest BCUT2D eigenvalue weighted by Crippen LogP contribution is 2.08. The van der Waals surface area contributed by atoms with E-state index in [2.05, 4.69) is 0 Å². The first kappa shape index (κ1) is 14.8. The molecule has 0 saturated heterocycles. The molecule has 0 fully saturated rings. The average molecular weight is 286 g/mol. The van der Waals surface area contributed by atoms with Gasteiger partial charge in [0.15, 0.2) is 0 Å². The van der Waals surface area contributed by atoms with Crippen molar-refractivity contribution in [2.24, 2.45) is 7.05 Å². The Balaban J connectivity index is 1.85. The van der Waals surface area contributed by atoms with Crippen molar-refractivity contribution in [2.75, 3.05) is 20.2 Å². The number of ketones is 1. The first-order valence-electron chi connectivity index (χ1n) is 6.68. The molecule has 2 rings (SSSR count). The second-order valence-corrected chi connectivity index (χ2v) is 4.72. The molecule has 0 atom stereocenters. The van der Waals surface area contributed by atoms with Crippen molar-refractivity contribution in [3.8, 4) is 5.75 Å². The van der Waals surface area contributed by atoms with E-state index in [9.17, 15) is 9.59 Å². The van der Waals surface area contributed by atoms with E-state index < -0.39 is 11.7 Å². The molecule has 0 saturated carbocycles. The van der Waals surface area contributed by atoms with Crippen LogP contribution in [-0.2, 0) is 11.8 Å². The van der Waals surface area contributed by atoms with Crippen LogP contribution in [0.25, 0.3) is 0 Å². The fourth-order valence-corrected chi connectivity index (χ4v) is 1.90. The van der Waals surface area contributed by atoms with Gasteiger partial charge in [0, 0.05) is 20.3 Å². The zero-order chi connectivity index (χ0) is 15.2. The smallest absolute Gasteiger partial charge is 0.296 e. The molecule has 1 aromatic heterocycles. The van der Waals surface area contributed by atoms with Crippen LogP contribution in [0.2, 0.25) is 0 Å². The summed E-state index contributed by atoms with van der Waals surface area (Å²) in [4.78, 5) is 25.5. The minimum absolute atomic E-state index is 0.340. The van der Waals surface area contributed by atoms with Gasteiger partial charge in [-0.25, -0.2) is 0 Å². The number of Topliss-reactive ketones (excluding diaryl/α,β-unsaturated/α-hetero) is 1. The highest BCUT2D eigenvalue weighted by Gasteiger charge is 2.22. The van der Waals surface area contributed by atoms with E-state index in [1.165, 1.54) is 4.90 Å². The first-order valence-corrected chi connectivity index (χ1v) is 6.68. The Labute approximate surface area is 123 Å². The molecular formula is C16H18N2O3. The summed E-state index contributed by atoms with van der Waals surface area (Å²) in [5, 5.41) is 0. The molecule has 1 amide bonds. The van der Waals surface area contributed by atoms with Crippen LogP contribution in [0, 0.1) is 0 Å². The van der Waals surface area contributed by atoms with Crippen molar-refractivity contribution < 1.29 is 14.3 Å². The van der Waals surface area contributed by atoms with Gasteiger partial charge in [-0.1, -0.05) is 18.2 Å². The molecule has 1 heterocycles. The summed E-state index contributed by atoms with van der Waals surface area (Å²) < 4.78 is 7.14. The first-order chi connectivity index (χ1) is 10.1. The molecule has 0 aliphatic carbocycles. The van der Waals surface area contributed by atoms with Gasteiger partial charge in [0.25, 0.3) is 11.7 Å². The normalized spacial score (nSPS) is 10.2. The quantitative estimate of drug-likeness (QED) is 0.600. The SMILES string of the molecule is CN(CCOc1ccccc1)C(=O)C(=O)c1cccn1C. The predicted molar refractivity (Wildman–Crippen MR) is 79.3 cm³/mol. The molecule has 110 valence electrons. The van der Waals surface area contributed by atoms with Gasteiger partial charge < -0.3 is 14.2 Å². The van der Waals surface area contributed by atoms with Crippen molar-refractivity contribution in [1.29, 1.82) is 0 Å². The minimum atomic E-state index is -0.534. The predicted octanol–water partition coefficient (Wildman–Crippen LogP) is 1.75. The third-order valence-corrected chi connectivity index (χ3v) is 3.16. The number of carbonyl (C=O) groups is 2. The lowest BCUT2D eigenvalue weighted by Crippen LogP contribution is -2.36. The van der Waals surface area contributed by atoms with Crippen LogP contribution in [0.3, 0.4) is 0 Å². The van der Waals surface area contributed by atoms with E-state index in [0.717, 1.165) is 5.75 Å². The van der Waals surface area contributed by atoms with Crippen LogP contribution in [0.15, 0.2) is 48.7 Å². The van der Waals surface area contributed by atoms with Gasteiger partial charge >= 0.3 is 0 Å². The number of likely N-dealkylation sites (N-methyl/N-ethyl adjacent to an activating group) is 1. The minimum Gasteiger partial charge on any atom is -0.492 e. The number of rotatable bonds is 6. The monoisotopic (exact) mass is 286 g/mol. The zero-order valence-electron chi connectivity index (χ0n) is 12.2. The van der Waals surface area contributed by atoms with Crippen LogP contribution in [0.1, 0.15) is 10.5 Å². The highest BCUT2D eigenvalue weighted by molar-refractivity contribution is 6.42. The van der Waals surface area contributed by atoms with Crippen molar-refractivity contribution in [2.45, 2.75) is 0 Å². The second-order valence-electron chi connectivity index (χ2n) is 4.72. The number of benzene rings is 1. The van der Waals surface area contributed by atoms with Gasteiger partial charge in [0.05, 0.1) is 12.2 Å². The second kappa shape index (κ2) is 6.74. The van der Waals surface area contributed by atoms with Gasteiger partial charge in [0.2, 0.25) is 0 Å². The van der Waals surface area contributed by atoms with Crippen LogP contribution in [-0.4, -0.2) is 41.4 Å². The van der Waals surface area contributed by atoms with E-state index >= 15 is 0 Å². The Morgan fingerprint density at radius 1 is 1.14 bits per heavy atom. The lowest BCUT2D eigenvalue weighted by atomic mass is 10.2. The van der Waals surface area contributed by atoms with Crippen LogP contribution >= 0.6 is 0 Å². The maximum atomic E-state index is 12.0. The summed E-state index contributed by atoms with van der Waals surface area (Å²) >= 11 is 0. The van der Waals surface area contributed by atoms with E-state index in [1.807, 2.05) is 30.3 Å².